The number of nitrogens with one attached hydrogen (secondary N) is 1. The molecule has 1 aromatic heterocycles. The number of amides is 1. The van der Waals surface area contributed by atoms with E-state index in [4.69, 9.17) is 9.72 Å². The highest BCUT2D eigenvalue weighted by molar-refractivity contribution is 7.99. The molecule has 2 aromatic carbocycles. The van der Waals surface area contributed by atoms with Crippen LogP contribution in [0.2, 0.25) is 0 Å². The van der Waals surface area contributed by atoms with E-state index in [0.717, 1.165) is 37.0 Å². The quantitative estimate of drug-likeness (QED) is 0.295. The number of para-hydroxylation sites is 2. The van der Waals surface area contributed by atoms with Gasteiger partial charge in [0, 0.05) is 18.5 Å². The maximum atomic E-state index is 13.3. The third kappa shape index (κ3) is 5.04. The van der Waals surface area contributed by atoms with Gasteiger partial charge in [-0.25, -0.2) is 4.98 Å². The van der Waals surface area contributed by atoms with E-state index in [9.17, 15) is 9.59 Å². The highest BCUT2D eigenvalue weighted by atomic mass is 32.2. The zero-order chi connectivity index (χ0) is 23.3. The van der Waals surface area contributed by atoms with Crippen LogP contribution in [-0.2, 0) is 11.3 Å². The monoisotopic (exact) mass is 475 g/mol. The van der Waals surface area contributed by atoms with Crippen LogP contribution in [0.1, 0.15) is 50.1 Å². The lowest BCUT2D eigenvalue weighted by Gasteiger charge is -2.26. The predicted molar refractivity (Wildman–Crippen MR) is 135 cm³/mol. The molecule has 7 heteroatoms. The molecule has 0 fully saturated rings. The Morgan fingerprint density at radius 2 is 2.00 bits per heavy atom. The molecule has 0 saturated heterocycles. The van der Waals surface area contributed by atoms with Gasteiger partial charge in [0.25, 0.3) is 5.56 Å². The van der Waals surface area contributed by atoms with Crippen molar-refractivity contribution in [2.75, 3.05) is 12.4 Å². The third-order valence-electron chi connectivity index (χ3n) is 6.49. The van der Waals surface area contributed by atoms with Gasteiger partial charge in [0.05, 0.1) is 29.3 Å². The minimum Gasteiger partial charge on any atom is -0.493 e. The zero-order valence-electron chi connectivity index (χ0n) is 19.2. The van der Waals surface area contributed by atoms with Gasteiger partial charge >= 0.3 is 0 Å². The number of aromatic nitrogens is 2. The molecule has 2 aliphatic rings. The molecule has 0 saturated carbocycles. The summed E-state index contributed by atoms with van der Waals surface area (Å²) in [5.74, 6) is 0.955. The van der Waals surface area contributed by atoms with Crippen LogP contribution < -0.4 is 15.6 Å². The van der Waals surface area contributed by atoms with Crippen molar-refractivity contribution in [2.45, 2.75) is 56.3 Å². The number of hydrogen-bond acceptors (Lipinski definition) is 5. The van der Waals surface area contributed by atoms with Crippen molar-refractivity contribution in [3.8, 4) is 5.75 Å². The lowest BCUT2D eigenvalue weighted by atomic mass is 9.97. The minimum absolute atomic E-state index is 0.0386. The summed E-state index contributed by atoms with van der Waals surface area (Å²) in [5.41, 5.74) is 3.05. The molecule has 1 atom stereocenters. The second kappa shape index (κ2) is 10.5. The van der Waals surface area contributed by atoms with Gasteiger partial charge in [0.1, 0.15) is 5.75 Å². The lowest BCUT2D eigenvalue weighted by Crippen LogP contribution is -2.33. The summed E-state index contributed by atoms with van der Waals surface area (Å²) in [5, 5.41) is 4.35. The fraction of sp³-hybridized carbons (Fsp3) is 0.370. The van der Waals surface area contributed by atoms with E-state index in [1.807, 2.05) is 48.5 Å². The van der Waals surface area contributed by atoms with Gasteiger partial charge in [0.15, 0.2) is 5.16 Å². The number of benzene rings is 2. The summed E-state index contributed by atoms with van der Waals surface area (Å²) in [6.07, 6.45) is 8.59. The second-order valence-corrected chi connectivity index (χ2v) is 9.75. The first kappa shape index (κ1) is 22.7. The molecule has 34 heavy (non-hydrogen) atoms. The minimum atomic E-state index is -0.0735. The summed E-state index contributed by atoms with van der Waals surface area (Å²) < 4.78 is 7.45. The third-order valence-corrected chi connectivity index (χ3v) is 7.47. The number of allylic oxidation sites excluding steroid dienone is 2. The number of rotatable bonds is 7. The number of carbonyl (C=O) groups excluding carboxylic acids is 1. The molecule has 0 spiro atoms. The summed E-state index contributed by atoms with van der Waals surface area (Å²) >= 11 is 1.33. The Labute approximate surface area is 203 Å². The van der Waals surface area contributed by atoms with Gasteiger partial charge in [-0.05, 0) is 50.3 Å². The molecule has 1 amide bonds. The molecule has 1 N–H and O–H groups in total. The topological polar surface area (TPSA) is 73.2 Å². The molecule has 1 aliphatic carbocycles. The number of nitrogens with zero attached hydrogens (tertiary/aromatic N) is 2. The predicted octanol–water partition coefficient (Wildman–Crippen LogP) is 5.02. The number of ether oxygens (including phenoxy) is 1. The Balaban J connectivity index is 1.33. The first-order valence-electron chi connectivity index (χ1n) is 12.0. The average Bonchev–Trinajstić information content (AvgIpc) is 2.88. The Morgan fingerprint density at radius 3 is 2.88 bits per heavy atom. The molecule has 1 unspecified atom stereocenters. The zero-order valence-corrected chi connectivity index (χ0v) is 20.0. The van der Waals surface area contributed by atoms with Crippen LogP contribution in [0.5, 0.6) is 5.75 Å². The first-order valence-corrected chi connectivity index (χ1v) is 13.0. The van der Waals surface area contributed by atoms with Crippen molar-refractivity contribution in [1.29, 1.82) is 0 Å². The molecular formula is C27H29N3O3S. The number of fused-ring (bicyclic) bond motifs is 2. The Morgan fingerprint density at radius 1 is 1.15 bits per heavy atom. The summed E-state index contributed by atoms with van der Waals surface area (Å²) in [7, 11) is 0. The molecular weight excluding hydrogens is 446 g/mol. The number of hydrogen-bond donors (Lipinski definition) is 1. The summed E-state index contributed by atoms with van der Waals surface area (Å²) in [6, 6.07) is 15.2. The van der Waals surface area contributed by atoms with Crippen LogP contribution in [0.3, 0.4) is 0 Å². The van der Waals surface area contributed by atoms with Crippen LogP contribution in [0.25, 0.3) is 10.9 Å². The SMILES string of the molecule is O=C(CSc1nc2ccccc2c(=O)n1CCC1=CCCCC1)NC1CCOc2ccccc21. The van der Waals surface area contributed by atoms with Crippen molar-refractivity contribution >= 4 is 28.6 Å². The van der Waals surface area contributed by atoms with Gasteiger partial charge in [-0.2, -0.15) is 0 Å². The fourth-order valence-corrected chi connectivity index (χ4v) is 5.54. The van der Waals surface area contributed by atoms with Gasteiger partial charge < -0.3 is 10.1 Å². The van der Waals surface area contributed by atoms with E-state index < -0.39 is 0 Å². The van der Waals surface area contributed by atoms with Crippen molar-refractivity contribution < 1.29 is 9.53 Å². The van der Waals surface area contributed by atoms with E-state index in [0.29, 0.717) is 29.2 Å². The van der Waals surface area contributed by atoms with Crippen LogP contribution >= 0.6 is 11.8 Å². The van der Waals surface area contributed by atoms with E-state index >= 15 is 0 Å². The van der Waals surface area contributed by atoms with E-state index in [2.05, 4.69) is 11.4 Å². The Bertz CT molecular complexity index is 1280. The maximum absolute atomic E-state index is 13.3. The normalized spacial score (nSPS) is 17.5. The first-order chi connectivity index (χ1) is 16.7. The smallest absolute Gasteiger partial charge is 0.262 e. The van der Waals surface area contributed by atoms with Crippen LogP contribution in [0, 0.1) is 0 Å². The van der Waals surface area contributed by atoms with Crippen molar-refractivity contribution in [2.24, 2.45) is 0 Å². The molecule has 1 aliphatic heterocycles. The largest absolute Gasteiger partial charge is 0.493 e. The summed E-state index contributed by atoms with van der Waals surface area (Å²) in [4.78, 5) is 30.9. The lowest BCUT2D eigenvalue weighted by molar-refractivity contribution is -0.119. The van der Waals surface area contributed by atoms with Crippen LogP contribution in [-0.4, -0.2) is 27.8 Å². The highest BCUT2D eigenvalue weighted by Crippen LogP contribution is 2.31. The second-order valence-electron chi connectivity index (χ2n) is 8.81. The molecule has 3 aromatic rings. The Hall–Kier alpha value is -3.06. The fourth-order valence-electron chi connectivity index (χ4n) is 4.70. The number of carbonyl (C=O) groups is 1. The summed E-state index contributed by atoms with van der Waals surface area (Å²) in [6.45, 7) is 1.16. The van der Waals surface area contributed by atoms with E-state index in [1.54, 1.807) is 4.57 Å². The van der Waals surface area contributed by atoms with Gasteiger partial charge in [-0.15, -0.1) is 0 Å². The Kier molecular flexibility index (Phi) is 7.00. The van der Waals surface area contributed by atoms with Gasteiger partial charge in [-0.3, -0.25) is 14.2 Å². The van der Waals surface area contributed by atoms with Crippen molar-refractivity contribution in [1.82, 2.24) is 14.9 Å². The van der Waals surface area contributed by atoms with E-state index in [-0.39, 0.29) is 23.3 Å². The van der Waals surface area contributed by atoms with Crippen LogP contribution in [0.15, 0.2) is 70.1 Å². The molecule has 2 heterocycles. The van der Waals surface area contributed by atoms with Crippen molar-refractivity contribution in [3.05, 3.63) is 76.1 Å². The van der Waals surface area contributed by atoms with Gasteiger partial charge in [0.2, 0.25) is 5.91 Å². The highest BCUT2D eigenvalue weighted by Gasteiger charge is 2.23. The molecule has 0 radical (unpaired) electrons. The molecule has 5 rings (SSSR count). The van der Waals surface area contributed by atoms with E-state index in [1.165, 1.54) is 30.2 Å². The van der Waals surface area contributed by atoms with Crippen LogP contribution in [0.4, 0.5) is 0 Å². The molecule has 6 nitrogen and oxygen atoms in total. The molecule has 0 bridgehead atoms. The standard InChI is InChI=1S/C27H29N3O3S/c31-25(28-23-15-17-33-24-13-7-5-10-20(23)24)18-34-27-29-22-12-6-4-11-21(22)26(32)30(27)16-14-19-8-2-1-3-9-19/h4-8,10-13,23H,1-3,9,14-18H2,(H,28,31). The number of thioether (sulfide) groups is 1. The molecule has 176 valence electrons. The van der Waals surface area contributed by atoms with Gasteiger partial charge in [-0.1, -0.05) is 53.7 Å². The van der Waals surface area contributed by atoms with Crippen molar-refractivity contribution in [3.63, 3.8) is 0 Å². The average molecular weight is 476 g/mol. The maximum Gasteiger partial charge on any atom is 0.262 e.